The van der Waals surface area contributed by atoms with Gasteiger partial charge in [0.25, 0.3) is 0 Å². The number of aryl methyl sites for hydroxylation is 1. The maximum absolute atomic E-state index is 4.46. The highest BCUT2D eigenvalue weighted by Gasteiger charge is 2.19. The van der Waals surface area contributed by atoms with Crippen molar-refractivity contribution in [3.8, 4) is 0 Å². The molecule has 1 N–H and O–H groups in total. The third kappa shape index (κ3) is 3.43. The van der Waals surface area contributed by atoms with Gasteiger partial charge >= 0.3 is 0 Å². The van der Waals surface area contributed by atoms with Crippen LogP contribution < -0.4 is 10.2 Å². The van der Waals surface area contributed by atoms with Crippen LogP contribution >= 0.6 is 0 Å². The van der Waals surface area contributed by atoms with Crippen LogP contribution in [-0.4, -0.2) is 30.7 Å². The minimum Gasteiger partial charge on any atom is -0.356 e. The van der Waals surface area contributed by atoms with Crippen LogP contribution in [0.1, 0.15) is 31.7 Å². The van der Waals surface area contributed by atoms with E-state index in [0.29, 0.717) is 6.04 Å². The van der Waals surface area contributed by atoms with Gasteiger partial charge in [0.05, 0.1) is 0 Å². The van der Waals surface area contributed by atoms with Crippen molar-refractivity contribution in [2.24, 2.45) is 0 Å². The fourth-order valence-electron chi connectivity index (χ4n) is 2.35. The summed E-state index contributed by atoms with van der Waals surface area (Å²) in [6, 6.07) is 4.94. The molecular formula is C14H23N3. The van der Waals surface area contributed by atoms with Crippen LogP contribution in [0.4, 0.5) is 5.82 Å². The van der Waals surface area contributed by atoms with Crippen molar-refractivity contribution in [2.45, 2.75) is 39.2 Å². The lowest BCUT2D eigenvalue weighted by atomic mass is 10.0. The fraction of sp³-hybridized carbons (Fsp3) is 0.643. The van der Waals surface area contributed by atoms with E-state index in [1.54, 1.807) is 0 Å². The van der Waals surface area contributed by atoms with E-state index in [4.69, 9.17) is 0 Å². The van der Waals surface area contributed by atoms with Gasteiger partial charge in [-0.3, -0.25) is 0 Å². The molecule has 2 heterocycles. The Bertz CT molecular complexity index is 343. The molecule has 1 aromatic rings. The third-order valence-corrected chi connectivity index (χ3v) is 3.40. The standard InChI is InChI=1S/C14H23N3/c1-3-7-15-13-5-9-17(10-6-13)14-11-12(2)4-8-16-14/h4,8,11,13,15H,3,5-7,9-10H2,1-2H3. The first-order chi connectivity index (χ1) is 8.29. The molecule has 0 saturated carbocycles. The average Bonchev–Trinajstić information content (AvgIpc) is 2.37. The molecule has 0 amide bonds. The van der Waals surface area contributed by atoms with E-state index in [2.05, 4.69) is 41.2 Å². The Balaban J connectivity index is 1.86. The van der Waals surface area contributed by atoms with E-state index in [1.807, 2.05) is 6.20 Å². The van der Waals surface area contributed by atoms with E-state index in [1.165, 1.54) is 24.8 Å². The first-order valence-electron chi connectivity index (χ1n) is 6.70. The van der Waals surface area contributed by atoms with E-state index >= 15 is 0 Å². The molecule has 1 aliphatic heterocycles. The molecule has 1 aromatic heterocycles. The minimum atomic E-state index is 0.705. The molecule has 2 rings (SSSR count). The molecule has 0 bridgehead atoms. The summed E-state index contributed by atoms with van der Waals surface area (Å²) >= 11 is 0. The van der Waals surface area contributed by atoms with Gasteiger partial charge in [-0.15, -0.1) is 0 Å². The van der Waals surface area contributed by atoms with Crippen LogP contribution in [0, 0.1) is 6.92 Å². The smallest absolute Gasteiger partial charge is 0.128 e. The number of rotatable bonds is 4. The summed E-state index contributed by atoms with van der Waals surface area (Å²) < 4.78 is 0. The van der Waals surface area contributed by atoms with Gasteiger partial charge in [0.2, 0.25) is 0 Å². The highest BCUT2D eigenvalue weighted by atomic mass is 15.2. The van der Waals surface area contributed by atoms with Crippen molar-refractivity contribution >= 4 is 5.82 Å². The number of piperidine rings is 1. The first kappa shape index (κ1) is 12.4. The summed E-state index contributed by atoms with van der Waals surface area (Å²) in [5.41, 5.74) is 1.29. The van der Waals surface area contributed by atoms with Crippen molar-refractivity contribution in [1.29, 1.82) is 0 Å². The van der Waals surface area contributed by atoms with E-state index in [-0.39, 0.29) is 0 Å². The summed E-state index contributed by atoms with van der Waals surface area (Å²) in [5, 5.41) is 3.61. The molecule has 0 atom stereocenters. The third-order valence-electron chi connectivity index (χ3n) is 3.40. The zero-order chi connectivity index (χ0) is 12.1. The predicted molar refractivity (Wildman–Crippen MR) is 72.5 cm³/mol. The molecule has 0 radical (unpaired) electrons. The van der Waals surface area contributed by atoms with Gasteiger partial charge < -0.3 is 10.2 Å². The predicted octanol–water partition coefficient (Wildman–Crippen LogP) is 2.36. The Morgan fingerprint density at radius 1 is 1.41 bits per heavy atom. The summed E-state index contributed by atoms with van der Waals surface area (Å²) in [6.45, 7) is 7.74. The molecule has 3 heteroatoms. The van der Waals surface area contributed by atoms with Crippen molar-refractivity contribution in [2.75, 3.05) is 24.5 Å². The number of nitrogens with one attached hydrogen (secondary N) is 1. The first-order valence-corrected chi connectivity index (χ1v) is 6.70. The highest BCUT2D eigenvalue weighted by Crippen LogP contribution is 2.18. The average molecular weight is 233 g/mol. The van der Waals surface area contributed by atoms with E-state index in [0.717, 1.165) is 25.5 Å². The summed E-state index contributed by atoms with van der Waals surface area (Å²) in [6.07, 6.45) is 5.59. The van der Waals surface area contributed by atoms with Crippen molar-refractivity contribution in [3.63, 3.8) is 0 Å². The van der Waals surface area contributed by atoms with Crippen molar-refractivity contribution in [1.82, 2.24) is 10.3 Å². The van der Waals surface area contributed by atoms with Gasteiger partial charge in [-0.1, -0.05) is 6.92 Å². The lowest BCUT2D eigenvalue weighted by Gasteiger charge is -2.33. The van der Waals surface area contributed by atoms with Gasteiger partial charge in [0, 0.05) is 25.3 Å². The fourth-order valence-corrected chi connectivity index (χ4v) is 2.35. The minimum absolute atomic E-state index is 0.705. The molecule has 0 spiro atoms. The molecule has 3 nitrogen and oxygen atoms in total. The second-order valence-electron chi connectivity index (χ2n) is 4.91. The van der Waals surface area contributed by atoms with Gasteiger partial charge in [0.15, 0.2) is 0 Å². The van der Waals surface area contributed by atoms with E-state index in [9.17, 15) is 0 Å². The largest absolute Gasteiger partial charge is 0.356 e. The highest BCUT2D eigenvalue weighted by molar-refractivity contribution is 5.41. The Kier molecular flexibility index (Phi) is 4.37. The zero-order valence-electron chi connectivity index (χ0n) is 10.9. The quantitative estimate of drug-likeness (QED) is 0.865. The second kappa shape index (κ2) is 6.01. The van der Waals surface area contributed by atoms with Crippen LogP contribution in [0.15, 0.2) is 18.3 Å². The van der Waals surface area contributed by atoms with Crippen LogP contribution in [-0.2, 0) is 0 Å². The molecule has 0 aromatic carbocycles. The molecule has 1 saturated heterocycles. The molecule has 1 fully saturated rings. The monoisotopic (exact) mass is 233 g/mol. The lowest BCUT2D eigenvalue weighted by Crippen LogP contribution is -2.43. The summed E-state index contributed by atoms with van der Waals surface area (Å²) in [4.78, 5) is 6.86. The summed E-state index contributed by atoms with van der Waals surface area (Å²) in [5.74, 6) is 1.14. The summed E-state index contributed by atoms with van der Waals surface area (Å²) in [7, 11) is 0. The number of pyridine rings is 1. The lowest BCUT2D eigenvalue weighted by molar-refractivity contribution is 0.414. The Labute approximate surface area is 104 Å². The van der Waals surface area contributed by atoms with Crippen LogP contribution in [0.25, 0.3) is 0 Å². The maximum atomic E-state index is 4.46. The van der Waals surface area contributed by atoms with Crippen LogP contribution in [0.2, 0.25) is 0 Å². The molecule has 0 unspecified atom stereocenters. The van der Waals surface area contributed by atoms with Crippen LogP contribution in [0.3, 0.4) is 0 Å². The molecule has 1 aliphatic rings. The van der Waals surface area contributed by atoms with Gasteiger partial charge in [-0.2, -0.15) is 0 Å². The van der Waals surface area contributed by atoms with Gasteiger partial charge in [0.1, 0.15) is 5.82 Å². The maximum Gasteiger partial charge on any atom is 0.128 e. The number of anilines is 1. The van der Waals surface area contributed by atoms with Crippen molar-refractivity contribution < 1.29 is 0 Å². The zero-order valence-corrected chi connectivity index (χ0v) is 10.9. The number of hydrogen-bond donors (Lipinski definition) is 1. The Hall–Kier alpha value is -1.09. The van der Waals surface area contributed by atoms with Gasteiger partial charge in [-0.05, 0) is 50.4 Å². The Morgan fingerprint density at radius 2 is 2.18 bits per heavy atom. The second-order valence-corrected chi connectivity index (χ2v) is 4.91. The molecule has 0 aliphatic carbocycles. The normalized spacial score (nSPS) is 17.4. The number of nitrogens with zero attached hydrogens (tertiary/aromatic N) is 2. The van der Waals surface area contributed by atoms with Crippen LogP contribution in [0.5, 0.6) is 0 Å². The van der Waals surface area contributed by atoms with Crippen molar-refractivity contribution in [3.05, 3.63) is 23.9 Å². The topological polar surface area (TPSA) is 28.2 Å². The van der Waals surface area contributed by atoms with Gasteiger partial charge in [-0.25, -0.2) is 4.98 Å². The Morgan fingerprint density at radius 3 is 2.82 bits per heavy atom. The molecular weight excluding hydrogens is 210 g/mol. The molecule has 17 heavy (non-hydrogen) atoms. The molecule has 94 valence electrons. The number of aromatic nitrogens is 1. The van der Waals surface area contributed by atoms with E-state index < -0.39 is 0 Å². The number of hydrogen-bond acceptors (Lipinski definition) is 3. The SMILES string of the molecule is CCCNC1CCN(c2cc(C)ccn2)CC1.